The molecule has 3 heteroatoms. The zero-order chi connectivity index (χ0) is 12.4. The molecule has 17 heavy (non-hydrogen) atoms. The van der Waals surface area contributed by atoms with Crippen LogP contribution >= 0.6 is 0 Å². The summed E-state index contributed by atoms with van der Waals surface area (Å²) in [5.74, 6) is 0.644. The Kier molecular flexibility index (Phi) is 3.29. The van der Waals surface area contributed by atoms with E-state index in [4.69, 9.17) is 4.74 Å². The van der Waals surface area contributed by atoms with Crippen LogP contribution in [0.5, 0.6) is 5.88 Å². The lowest BCUT2D eigenvalue weighted by molar-refractivity contribution is 0.199. The first kappa shape index (κ1) is 11.9. The Morgan fingerprint density at radius 1 is 1.29 bits per heavy atom. The molecule has 0 saturated heterocycles. The Labute approximate surface area is 101 Å². The lowest BCUT2D eigenvalue weighted by Crippen LogP contribution is -2.03. The van der Waals surface area contributed by atoms with Gasteiger partial charge in [-0.05, 0) is 32.2 Å². The van der Waals surface area contributed by atoms with Gasteiger partial charge in [0.05, 0.1) is 12.7 Å². The maximum atomic E-state index is 9.84. The Balaban J connectivity index is 2.77. The van der Waals surface area contributed by atoms with Gasteiger partial charge in [0.2, 0.25) is 5.88 Å². The highest BCUT2D eigenvalue weighted by Gasteiger charge is 2.14. The maximum Gasteiger partial charge on any atom is 0.221 e. The molecule has 0 bridgehead atoms. The average molecular weight is 231 g/mol. The Hall–Kier alpha value is -1.61. The van der Waals surface area contributed by atoms with Crippen LogP contribution < -0.4 is 4.74 Å². The van der Waals surface area contributed by atoms with E-state index in [0.717, 1.165) is 22.0 Å². The molecular formula is C14H17NO2. The van der Waals surface area contributed by atoms with Crippen molar-refractivity contribution in [3.63, 3.8) is 0 Å². The van der Waals surface area contributed by atoms with Crippen molar-refractivity contribution < 1.29 is 9.84 Å². The summed E-state index contributed by atoms with van der Waals surface area (Å²) in [4.78, 5) is 4.43. The Morgan fingerprint density at radius 2 is 1.94 bits per heavy atom. The van der Waals surface area contributed by atoms with E-state index in [2.05, 4.69) is 4.98 Å². The number of pyridine rings is 1. The number of ether oxygens (including phenoxy) is 1. The van der Waals surface area contributed by atoms with Crippen LogP contribution in [0.2, 0.25) is 0 Å². The zero-order valence-corrected chi connectivity index (χ0v) is 10.4. The minimum Gasteiger partial charge on any atom is -0.478 e. The average Bonchev–Trinajstić information content (AvgIpc) is 2.28. The fraction of sp³-hybridized carbons (Fsp3) is 0.357. The van der Waals surface area contributed by atoms with Crippen molar-refractivity contribution >= 4 is 10.8 Å². The van der Waals surface area contributed by atoms with Gasteiger partial charge in [-0.15, -0.1) is 0 Å². The topological polar surface area (TPSA) is 42.4 Å². The third-order valence-electron chi connectivity index (χ3n) is 2.81. The highest BCUT2D eigenvalue weighted by molar-refractivity contribution is 5.90. The van der Waals surface area contributed by atoms with Crippen LogP contribution in [-0.4, -0.2) is 16.7 Å². The second-order valence-corrected chi connectivity index (χ2v) is 4.07. The highest BCUT2D eigenvalue weighted by atomic mass is 16.5. The van der Waals surface area contributed by atoms with Gasteiger partial charge in [-0.2, -0.15) is 0 Å². The second kappa shape index (κ2) is 4.72. The SMILES string of the molecule is CCOc1nc(C)c(C(C)O)c2ccccc12. The first-order valence-corrected chi connectivity index (χ1v) is 5.85. The van der Waals surface area contributed by atoms with Crippen LogP contribution in [0.4, 0.5) is 0 Å². The van der Waals surface area contributed by atoms with Gasteiger partial charge in [0, 0.05) is 16.6 Å². The molecule has 0 spiro atoms. The number of nitrogens with zero attached hydrogens (tertiary/aromatic N) is 1. The van der Waals surface area contributed by atoms with Crippen LogP contribution in [0.15, 0.2) is 24.3 Å². The molecule has 90 valence electrons. The van der Waals surface area contributed by atoms with Gasteiger partial charge >= 0.3 is 0 Å². The summed E-state index contributed by atoms with van der Waals surface area (Å²) in [6.45, 7) is 6.19. The molecule has 3 nitrogen and oxygen atoms in total. The predicted octanol–water partition coefficient (Wildman–Crippen LogP) is 3.00. The quantitative estimate of drug-likeness (QED) is 0.883. The summed E-state index contributed by atoms with van der Waals surface area (Å²) in [6, 6.07) is 7.88. The summed E-state index contributed by atoms with van der Waals surface area (Å²) in [6.07, 6.45) is -0.525. The van der Waals surface area contributed by atoms with Gasteiger partial charge in [-0.1, -0.05) is 18.2 Å². The van der Waals surface area contributed by atoms with E-state index in [1.165, 1.54) is 0 Å². The summed E-state index contributed by atoms with van der Waals surface area (Å²) in [5, 5.41) is 11.8. The van der Waals surface area contributed by atoms with Gasteiger partial charge < -0.3 is 9.84 Å². The van der Waals surface area contributed by atoms with Crippen LogP contribution in [0.1, 0.15) is 31.2 Å². The molecule has 0 fully saturated rings. The van der Waals surface area contributed by atoms with Crippen LogP contribution in [0.3, 0.4) is 0 Å². The van der Waals surface area contributed by atoms with Crippen molar-refractivity contribution in [3.05, 3.63) is 35.5 Å². The summed E-state index contributed by atoms with van der Waals surface area (Å²) >= 11 is 0. The monoisotopic (exact) mass is 231 g/mol. The fourth-order valence-electron chi connectivity index (χ4n) is 2.15. The van der Waals surface area contributed by atoms with Crippen molar-refractivity contribution in [2.75, 3.05) is 6.61 Å². The molecule has 1 aromatic carbocycles. The third kappa shape index (κ3) is 2.11. The van der Waals surface area contributed by atoms with E-state index in [-0.39, 0.29) is 0 Å². The fourth-order valence-corrected chi connectivity index (χ4v) is 2.15. The summed E-state index contributed by atoms with van der Waals surface area (Å²) in [5.41, 5.74) is 1.70. The van der Waals surface area contributed by atoms with Crippen molar-refractivity contribution in [3.8, 4) is 5.88 Å². The molecule has 0 amide bonds. The molecule has 2 aromatic rings. The van der Waals surface area contributed by atoms with E-state index >= 15 is 0 Å². The molecule has 0 aliphatic heterocycles. The van der Waals surface area contributed by atoms with Crippen molar-refractivity contribution in [2.24, 2.45) is 0 Å². The van der Waals surface area contributed by atoms with E-state index in [9.17, 15) is 5.11 Å². The summed E-state index contributed by atoms with van der Waals surface area (Å²) < 4.78 is 5.54. The zero-order valence-electron chi connectivity index (χ0n) is 10.4. The highest BCUT2D eigenvalue weighted by Crippen LogP contribution is 2.31. The van der Waals surface area contributed by atoms with Gasteiger partial charge in [-0.3, -0.25) is 0 Å². The van der Waals surface area contributed by atoms with Gasteiger partial charge in [-0.25, -0.2) is 4.98 Å². The van der Waals surface area contributed by atoms with E-state index in [1.807, 2.05) is 38.1 Å². The molecule has 0 saturated carbocycles. The number of aromatic nitrogens is 1. The first-order valence-electron chi connectivity index (χ1n) is 5.85. The first-order chi connectivity index (χ1) is 8.15. The predicted molar refractivity (Wildman–Crippen MR) is 68.3 cm³/mol. The normalized spacial score (nSPS) is 12.7. The lowest BCUT2D eigenvalue weighted by atomic mass is 10.0. The van der Waals surface area contributed by atoms with E-state index in [0.29, 0.717) is 12.5 Å². The van der Waals surface area contributed by atoms with Crippen molar-refractivity contribution in [2.45, 2.75) is 26.9 Å². The molecule has 2 rings (SSSR count). The largest absolute Gasteiger partial charge is 0.478 e. The second-order valence-electron chi connectivity index (χ2n) is 4.07. The smallest absolute Gasteiger partial charge is 0.221 e. The number of benzene rings is 1. The van der Waals surface area contributed by atoms with Gasteiger partial charge in [0.25, 0.3) is 0 Å². The number of aliphatic hydroxyl groups excluding tert-OH is 1. The third-order valence-corrected chi connectivity index (χ3v) is 2.81. The maximum absolute atomic E-state index is 9.84. The number of aliphatic hydroxyl groups is 1. The molecule has 0 radical (unpaired) electrons. The minimum atomic E-state index is -0.525. The molecule has 1 unspecified atom stereocenters. The van der Waals surface area contributed by atoms with E-state index in [1.54, 1.807) is 6.92 Å². The van der Waals surface area contributed by atoms with Crippen molar-refractivity contribution in [1.82, 2.24) is 4.98 Å². The van der Waals surface area contributed by atoms with Crippen LogP contribution in [0.25, 0.3) is 10.8 Å². The Morgan fingerprint density at radius 3 is 2.53 bits per heavy atom. The van der Waals surface area contributed by atoms with Crippen LogP contribution in [0, 0.1) is 6.92 Å². The molecule has 1 aromatic heterocycles. The standard InChI is InChI=1S/C14H17NO2/c1-4-17-14-12-8-6-5-7-11(12)13(10(3)16)9(2)15-14/h5-8,10,16H,4H2,1-3H3. The Bertz CT molecular complexity index is 535. The number of aryl methyl sites for hydroxylation is 1. The molecule has 1 atom stereocenters. The van der Waals surface area contributed by atoms with Crippen LogP contribution in [-0.2, 0) is 0 Å². The number of hydrogen-bond acceptors (Lipinski definition) is 3. The molecule has 0 aliphatic carbocycles. The molecule has 1 N–H and O–H groups in total. The van der Waals surface area contributed by atoms with Gasteiger partial charge in [0.15, 0.2) is 0 Å². The molecule has 1 heterocycles. The number of fused-ring (bicyclic) bond motifs is 1. The number of rotatable bonds is 3. The van der Waals surface area contributed by atoms with E-state index < -0.39 is 6.10 Å². The van der Waals surface area contributed by atoms with Crippen molar-refractivity contribution in [1.29, 1.82) is 0 Å². The van der Waals surface area contributed by atoms with Gasteiger partial charge in [0.1, 0.15) is 0 Å². The molecular weight excluding hydrogens is 214 g/mol. The minimum absolute atomic E-state index is 0.525. The number of hydrogen-bond donors (Lipinski definition) is 1. The summed E-state index contributed by atoms with van der Waals surface area (Å²) in [7, 11) is 0. The lowest BCUT2D eigenvalue weighted by Gasteiger charge is -2.15. The molecule has 0 aliphatic rings.